The van der Waals surface area contributed by atoms with Crippen LogP contribution in [0.2, 0.25) is 0 Å². The maximum atomic E-state index is 11.2. The molecule has 0 saturated carbocycles. The molecule has 6 heteroatoms. The van der Waals surface area contributed by atoms with Gasteiger partial charge in [0.1, 0.15) is 0 Å². The van der Waals surface area contributed by atoms with Gasteiger partial charge in [-0.05, 0) is 19.8 Å². The predicted molar refractivity (Wildman–Crippen MR) is 69.6 cm³/mol. The smallest absolute Gasteiger partial charge is 0.221 e. The Kier molecular flexibility index (Phi) is 3.86. The van der Waals surface area contributed by atoms with Crippen LogP contribution in [0.1, 0.15) is 19.8 Å². The summed E-state index contributed by atoms with van der Waals surface area (Å²) in [6.45, 7) is 4.60. The first-order chi connectivity index (χ1) is 8.56. The molecule has 1 saturated heterocycles. The highest BCUT2D eigenvalue weighted by molar-refractivity contribution is 5.76. The number of piperidine rings is 1. The number of nitrogens with two attached hydrogens (primary N) is 2. The molecule has 2 rings (SSSR count). The quantitative estimate of drug-likeness (QED) is 0.791. The van der Waals surface area contributed by atoms with Gasteiger partial charge in [0.15, 0.2) is 0 Å². The van der Waals surface area contributed by atoms with Crippen LogP contribution < -0.4 is 11.5 Å². The number of nitrogen functional groups attached to an aromatic ring is 1. The zero-order chi connectivity index (χ0) is 13.1. The van der Waals surface area contributed by atoms with Crippen molar-refractivity contribution in [2.24, 2.45) is 11.7 Å². The van der Waals surface area contributed by atoms with E-state index < -0.39 is 0 Å². The number of nitrogens with zero attached hydrogens (tertiary/aromatic N) is 3. The molecule has 1 aromatic rings. The zero-order valence-electron chi connectivity index (χ0n) is 10.7. The Balaban J connectivity index is 1.88. The largest absolute Gasteiger partial charge is 0.396 e. The Labute approximate surface area is 107 Å². The van der Waals surface area contributed by atoms with E-state index in [1.54, 1.807) is 6.20 Å². The zero-order valence-corrected chi connectivity index (χ0v) is 10.7. The van der Waals surface area contributed by atoms with Gasteiger partial charge in [-0.15, -0.1) is 0 Å². The van der Waals surface area contributed by atoms with E-state index in [0.717, 1.165) is 32.5 Å². The van der Waals surface area contributed by atoms with Gasteiger partial charge in [0.2, 0.25) is 5.91 Å². The number of anilines is 1. The summed E-state index contributed by atoms with van der Waals surface area (Å²) in [5.41, 5.74) is 11.7. The summed E-state index contributed by atoms with van der Waals surface area (Å²) in [4.78, 5) is 13.5. The number of rotatable bonds is 4. The summed E-state index contributed by atoms with van der Waals surface area (Å²) in [5.74, 6) is -0.195. The van der Waals surface area contributed by atoms with Gasteiger partial charge in [-0.25, -0.2) is 0 Å². The lowest BCUT2D eigenvalue weighted by molar-refractivity contribution is -0.124. The maximum absolute atomic E-state index is 11.2. The van der Waals surface area contributed by atoms with E-state index in [1.165, 1.54) is 0 Å². The lowest BCUT2D eigenvalue weighted by Gasteiger charge is -2.36. The second kappa shape index (κ2) is 5.39. The summed E-state index contributed by atoms with van der Waals surface area (Å²) in [5, 5.41) is 4.15. The third-order valence-corrected chi connectivity index (χ3v) is 3.68. The summed E-state index contributed by atoms with van der Waals surface area (Å²) in [6.07, 6.45) is 5.39. The summed E-state index contributed by atoms with van der Waals surface area (Å²) >= 11 is 0. The molecule has 1 fully saturated rings. The van der Waals surface area contributed by atoms with Crippen LogP contribution in [0, 0.1) is 5.92 Å². The molecule has 0 bridgehead atoms. The van der Waals surface area contributed by atoms with Crippen LogP contribution in [-0.2, 0) is 11.3 Å². The van der Waals surface area contributed by atoms with E-state index in [0.29, 0.717) is 11.7 Å². The normalized spacial score (nSPS) is 25.2. The van der Waals surface area contributed by atoms with Crippen molar-refractivity contribution < 1.29 is 4.79 Å². The molecule has 2 atom stereocenters. The van der Waals surface area contributed by atoms with E-state index in [9.17, 15) is 4.79 Å². The molecule has 1 aliphatic heterocycles. The Morgan fingerprint density at radius 3 is 2.89 bits per heavy atom. The van der Waals surface area contributed by atoms with Gasteiger partial charge < -0.3 is 11.5 Å². The van der Waals surface area contributed by atoms with Crippen molar-refractivity contribution in [1.29, 1.82) is 0 Å². The van der Waals surface area contributed by atoms with E-state index in [-0.39, 0.29) is 11.8 Å². The summed E-state index contributed by atoms with van der Waals surface area (Å²) in [6, 6.07) is 0.494. The first kappa shape index (κ1) is 12.9. The van der Waals surface area contributed by atoms with Crippen molar-refractivity contribution in [2.45, 2.75) is 32.4 Å². The van der Waals surface area contributed by atoms with Gasteiger partial charge in [-0.2, -0.15) is 5.10 Å². The van der Waals surface area contributed by atoms with Crippen LogP contribution in [-0.4, -0.2) is 39.7 Å². The molecule has 1 aliphatic rings. The molecular formula is C12H21N5O. The van der Waals surface area contributed by atoms with Gasteiger partial charge in [0, 0.05) is 25.3 Å². The number of primary amides is 1. The molecule has 18 heavy (non-hydrogen) atoms. The van der Waals surface area contributed by atoms with Crippen LogP contribution >= 0.6 is 0 Å². The Hall–Kier alpha value is -1.56. The summed E-state index contributed by atoms with van der Waals surface area (Å²) < 4.78 is 1.83. The molecule has 0 radical (unpaired) electrons. The lowest BCUT2D eigenvalue weighted by Crippen LogP contribution is -2.46. The van der Waals surface area contributed by atoms with E-state index in [1.807, 2.05) is 10.9 Å². The molecular weight excluding hydrogens is 230 g/mol. The maximum Gasteiger partial charge on any atom is 0.221 e. The SMILES string of the molecule is CC1CCC(C(N)=O)CN1CCn1cc(N)cn1. The van der Waals surface area contributed by atoms with Crippen LogP contribution in [0.3, 0.4) is 0 Å². The van der Waals surface area contributed by atoms with Gasteiger partial charge in [-0.3, -0.25) is 14.4 Å². The topological polar surface area (TPSA) is 90.2 Å². The fourth-order valence-corrected chi connectivity index (χ4v) is 2.46. The second-order valence-corrected chi connectivity index (χ2v) is 5.06. The fraction of sp³-hybridized carbons (Fsp3) is 0.667. The molecule has 0 aliphatic carbocycles. The number of hydrogen-bond acceptors (Lipinski definition) is 4. The third kappa shape index (κ3) is 3.01. The van der Waals surface area contributed by atoms with Gasteiger partial charge in [0.25, 0.3) is 0 Å². The Bertz CT molecular complexity index is 416. The second-order valence-electron chi connectivity index (χ2n) is 5.06. The lowest BCUT2D eigenvalue weighted by atomic mass is 9.93. The molecule has 100 valence electrons. The number of hydrogen-bond donors (Lipinski definition) is 2. The van der Waals surface area contributed by atoms with Gasteiger partial charge in [0.05, 0.1) is 24.3 Å². The highest BCUT2D eigenvalue weighted by Crippen LogP contribution is 2.21. The van der Waals surface area contributed by atoms with Crippen molar-refractivity contribution in [2.75, 3.05) is 18.8 Å². The molecule has 0 aromatic carbocycles. The van der Waals surface area contributed by atoms with Crippen molar-refractivity contribution in [3.8, 4) is 0 Å². The number of aromatic nitrogens is 2. The third-order valence-electron chi connectivity index (χ3n) is 3.68. The standard InChI is InChI=1S/C12H21N5O/c1-9-2-3-10(12(14)18)7-16(9)4-5-17-8-11(13)6-15-17/h6,8-10H,2-5,7,13H2,1H3,(H2,14,18). The highest BCUT2D eigenvalue weighted by atomic mass is 16.1. The van der Waals surface area contributed by atoms with E-state index in [4.69, 9.17) is 11.5 Å². The predicted octanol–water partition coefficient (Wildman–Crippen LogP) is 0.0511. The molecule has 6 nitrogen and oxygen atoms in total. The monoisotopic (exact) mass is 251 g/mol. The first-order valence-electron chi connectivity index (χ1n) is 6.37. The van der Waals surface area contributed by atoms with Gasteiger partial charge in [-0.1, -0.05) is 0 Å². The molecule has 1 aromatic heterocycles. The minimum absolute atomic E-state index is 0.0103. The van der Waals surface area contributed by atoms with Crippen molar-refractivity contribution in [3.05, 3.63) is 12.4 Å². The molecule has 2 unspecified atom stereocenters. The molecule has 1 amide bonds. The van der Waals surface area contributed by atoms with E-state index in [2.05, 4.69) is 16.9 Å². The number of carbonyl (C=O) groups is 1. The molecule has 2 heterocycles. The number of carbonyl (C=O) groups excluding carboxylic acids is 1. The Morgan fingerprint density at radius 2 is 2.28 bits per heavy atom. The average molecular weight is 251 g/mol. The first-order valence-corrected chi connectivity index (χ1v) is 6.37. The van der Waals surface area contributed by atoms with Crippen LogP contribution in [0.5, 0.6) is 0 Å². The molecule has 4 N–H and O–H groups in total. The van der Waals surface area contributed by atoms with Crippen LogP contribution in [0.15, 0.2) is 12.4 Å². The number of likely N-dealkylation sites (tertiary alicyclic amines) is 1. The average Bonchev–Trinajstić information content (AvgIpc) is 2.74. The fourth-order valence-electron chi connectivity index (χ4n) is 2.46. The highest BCUT2D eigenvalue weighted by Gasteiger charge is 2.28. The number of amides is 1. The van der Waals surface area contributed by atoms with Crippen molar-refractivity contribution >= 4 is 11.6 Å². The Morgan fingerprint density at radius 1 is 1.50 bits per heavy atom. The summed E-state index contributed by atoms with van der Waals surface area (Å²) in [7, 11) is 0. The van der Waals surface area contributed by atoms with E-state index >= 15 is 0 Å². The van der Waals surface area contributed by atoms with Crippen LogP contribution in [0.4, 0.5) is 5.69 Å². The van der Waals surface area contributed by atoms with Gasteiger partial charge >= 0.3 is 0 Å². The van der Waals surface area contributed by atoms with Crippen molar-refractivity contribution in [1.82, 2.24) is 14.7 Å². The van der Waals surface area contributed by atoms with Crippen LogP contribution in [0.25, 0.3) is 0 Å². The van der Waals surface area contributed by atoms with Crippen molar-refractivity contribution in [3.63, 3.8) is 0 Å². The minimum atomic E-state index is -0.185. The minimum Gasteiger partial charge on any atom is -0.396 e. The molecule has 0 spiro atoms.